The van der Waals surface area contributed by atoms with Gasteiger partial charge in [0.05, 0.1) is 6.10 Å². The van der Waals surface area contributed by atoms with Crippen molar-refractivity contribution in [3.05, 3.63) is 63.7 Å². The second-order valence-corrected chi connectivity index (χ2v) is 5.84. The Labute approximate surface area is 124 Å². The standard InChI is InChI=1S/C17H17ClO2/c1-10-3-6-16-14(7-10)15(19)9-17(20-16)13-5-4-12(18)8-11(13)2/h3-8,15,17,19H,9H2,1-2H3/t15-,17?/m1/s1. The molecule has 1 N–H and O–H groups in total. The first-order chi connectivity index (χ1) is 9.54. The van der Waals surface area contributed by atoms with Crippen LogP contribution in [0.4, 0.5) is 0 Å². The molecule has 1 heterocycles. The maximum atomic E-state index is 10.4. The summed E-state index contributed by atoms with van der Waals surface area (Å²) in [5.74, 6) is 0.772. The summed E-state index contributed by atoms with van der Waals surface area (Å²) in [6.45, 7) is 4.03. The largest absolute Gasteiger partial charge is 0.485 e. The number of aliphatic hydroxyl groups excluding tert-OH is 1. The Morgan fingerprint density at radius 2 is 1.90 bits per heavy atom. The van der Waals surface area contributed by atoms with E-state index in [0.717, 1.165) is 33.0 Å². The van der Waals surface area contributed by atoms with Crippen LogP contribution >= 0.6 is 11.6 Å². The maximum Gasteiger partial charge on any atom is 0.127 e. The smallest absolute Gasteiger partial charge is 0.127 e. The van der Waals surface area contributed by atoms with Crippen LogP contribution in [0.3, 0.4) is 0 Å². The van der Waals surface area contributed by atoms with Gasteiger partial charge in [-0.3, -0.25) is 0 Å². The Bertz CT molecular complexity index is 651. The summed E-state index contributed by atoms with van der Waals surface area (Å²) in [7, 11) is 0. The van der Waals surface area contributed by atoms with Gasteiger partial charge in [-0.15, -0.1) is 0 Å². The fraction of sp³-hybridized carbons (Fsp3) is 0.294. The molecule has 0 fully saturated rings. The van der Waals surface area contributed by atoms with Crippen molar-refractivity contribution in [2.24, 2.45) is 0 Å². The molecule has 3 heteroatoms. The van der Waals surface area contributed by atoms with Crippen molar-refractivity contribution in [3.8, 4) is 5.75 Å². The Kier molecular flexibility index (Phi) is 3.45. The zero-order chi connectivity index (χ0) is 14.3. The minimum atomic E-state index is -0.487. The highest BCUT2D eigenvalue weighted by Gasteiger charge is 2.28. The molecule has 2 atom stereocenters. The number of fused-ring (bicyclic) bond motifs is 1. The van der Waals surface area contributed by atoms with Crippen molar-refractivity contribution in [1.29, 1.82) is 0 Å². The minimum Gasteiger partial charge on any atom is -0.485 e. The third-order valence-electron chi connectivity index (χ3n) is 3.81. The fourth-order valence-electron chi connectivity index (χ4n) is 2.76. The van der Waals surface area contributed by atoms with Gasteiger partial charge in [-0.05, 0) is 49.2 Å². The van der Waals surface area contributed by atoms with Crippen LogP contribution in [-0.4, -0.2) is 5.11 Å². The van der Waals surface area contributed by atoms with Crippen molar-refractivity contribution in [2.45, 2.75) is 32.5 Å². The van der Waals surface area contributed by atoms with Gasteiger partial charge in [-0.1, -0.05) is 29.3 Å². The van der Waals surface area contributed by atoms with Crippen LogP contribution in [-0.2, 0) is 0 Å². The number of hydrogen-bond acceptors (Lipinski definition) is 2. The third kappa shape index (κ3) is 2.41. The lowest BCUT2D eigenvalue weighted by atomic mass is 9.92. The van der Waals surface area contributed by atoms with Crippen molar-refractivity contribution in [2.75, 3.05) is 0 Å². The fourth-order valence-corrected chi connectivity index (χ4v) is 2.98. The monoisotopic (exact) mass is 288 g/mol. The van der Waals surface area contributed by atoms with E-state index in [1.807, 2.05) is 50.2 Å². The molecule has 2 nitrogen and oxygen atoms in total. The average molecular weight is 289 g/mol. The molecule has 1 aliphatic heterocycles. The average Bonchev–Trinajstić information content (AvgIpc) is 2.39. The summed E-state index contributed by atoms with van der Waals surface area (Å²) in [4.78, 5) is 0. The Balaban J connectivity index is 1.97. The number of aliphatic hydroxyl groups is 1. The van der Waals surface area contributed by atoms with Gasteiger partial charge in [0.1, 0.15) is 11.9 Å². The van der Waals surface area contributed by atoms with E-state index in [1.165, 1.54) is 0 Å². The molecule has 2 aromatic rings. The molecular weight excluding hydrogens is 272 g/mol. The van der Waals surface area contributed by atoms with E-state index >= 15 is 0 Å². The first kappa shape index (κ1) is 13.5. The lowest BCUT2D eigenvalue weighted by molar-refractivity contribution is 0.0654. The molecule has 0 aliphatic carbocycles. The van der Waals surface area contributed by atoms with E-state index in [4.69, 9.17) is 16.3 Å². The zero-order valence-electron chi connectivity index (χ0n) is 11.6. The van der Waals surface area contributed by atoms with Crippen LogP contribution in [0, 0.1) is 13.8 Å². The molecule has 0 radical (unpaired) electrons. The summed E-state index contributed by atoms with van der Waals surface area (Å²) in [6, 6.07) is 11.7. The number of hydrogen-bond donors (Lipinski definition) is 1. The van der Waals surface area contributed by atoms with Gasteiger partial charge in [0.2, 0.25) is 0 Å². The highest BCUT2D eigenvalue weighted by atomic mass is 35.5. The Morgan fingerprint density at radius 1 is 1.10 bits per heavy atom. The van der Waals surface area contributed by atoms with Gasteiger partial charge < -0.3 is 9.84 Å². The van der Waals surface area contributed by atoms with Crippen LogP contribution in [0.15, 0.2) is 36.4 Å². The van der Waals surface area contributed by atoms with Crippen molar-refractivity contribution in [3.63, 3.8) is 0 Å². The number of aryl methyl sites for hydroxylation is 2. The quantitative estimate of drug-likeness (QED) is 0.836. The molecule has 0 aromatic heterocycles. The summed E-state index contributed by atoms with van der Waals surface area (Å²) in [5.41, 5.74) is 4.19. The predicted molar refractivity (Wildman–Crippen MR) is 80.3 cm³/mol. The van der Waals surface area contributed by atoms with Crippen LogP contribution < -0.4 is 4.74 Å². The molecular formula is C17H17ClO2. The maximum absolute atomic E-state index is 10.4. The third-order valence-corrected chi connectivity index (χ3v) is 4.04. The van der Waals surface area contributed by atoms with E-state index in [0.29, 0.717) is 6.42 Å². The lowest BCUT2D eigenvalue weighted by Crippen LogP contribution is -2.19. The van der Waals surface area contributed by atoms with Gasteiger partial charge in [0.15, 0.2) is 0 Å². The molecule has 0 spiro atoms. The summed E-state index contributed by atoms with van der Waals surface area (Å²) in [6.07, 6.45) is -0.0463. The van der Waals surface area contributed by atoms with Crippen molar-refractivity contribution >= 4 is 11.6 Å². The molecule has 0 bridgehead atoms. The van der Waals surface area contributed by atoms with E-state index < -0.39 is 6.10 Å². The molecule has 2 aromatic carbocycles. The summed E-state index contributed by atoms with van der Waals surface area (Å²) in [5, 5.41) is 11.1. The SMILES string of the molecule is Cc1ccc2c(c1)[C@H](O)CC(c1ccc(Cl)cc1C)O2. The van der Waals surface area contributed by atoms with E-state index in [2.05, 4.69) is 0 Å². The van der Waals surface area contributed by atoms with Gasteiger partial charge in [-0.2, -0.15) is 0 Å². The number of benzene rings is 2. The van der Waals surface area contributed by atoms with Crippen molar-refractivity contribution < 1.29 is 9.84 Å². The van der Waals surface area contributed by atoms with Crippen LogP contribution in [0.25, 0.3) is 0 Å². The molecule has 1 aliphatic rings. The molecule has 3 rings (SSSR count). The Morgan fingerprint density at radius 3 is 2.65 bits per heavy atom. The van der Waals surface area contributed by atoms with Crippen LogP contribution in [0.2, 0.25) is 5.02 Å². The molecule has 0 saturated carbocycles. The lowest BCUT2D eigenvalue weighted by Gasteiger charge is -2.31. The van der Waals surface area contributed by atoms with Gasteiger partial charge in [0.25, 0.3) is 0 Å². The first-order valence-electron chi connectivity index (χ1n) is 6.76. The number of rotatable bonds is 1. The zero-order valence-corrected chi connectivity index (χ0v) is 12.3. The van der Waals surface area contributed by atoms with Crippen LogP contribution in [0.1, 0.15) is 40.9 Å². The second kappa shape index (κ2) is 5.12. The van der Waals surface area contributed by atoms with Gasteiger partial charge >= 0.3 is 0 Å². The Hall–Kier alpha value is -1.51. The molecule has 0 saturated heterocycles. The highest BCUT2D eigenvalue weighted by Crippen LogP contribution is 2.41. The summed E-state index contributed by atoms with van der Waals surface area (Å²) >= 11 is 5.99. The van der Waals surface area contributed by atoms with Gasteiger partial charge in [-0.25, -0.2) is 0 Å². The van der Waals surface area contributed by atoms with E-state index in [1.54, 1.807) is 0 Å². The van der Waals surface area contributed by atoms with Crippen molar-refractivity contribution in [1.82, 2.24) is 0 Å². The van der Waals surface area contributed by atoms with Crippen LogP contribution in [0.5, 0.6) is 5.75 Å². The van der Waals surface area contributed by atoms with E-state index in [-0.39, 0.29) is 6.10 Å². The number of ether oxygens (including phenoxy) is 1. The van der Waals surface area contributed by atoms with E-state index in [9.17, 15) is 5.11 Å². The normalized spacial score (nSPS) is 21.2. The minimum absolute atomic E-state index is 0.127. The molecule has 1 unspecified atom stereocenters. The number of halogens is 1. The highest BCUT2D eigenvalue weighted by molar-refractivity contribution is 6.30. The topological polar surface area (TPSA) is 29.5 Å². The first-order valence-corrected chi connectivity index (χ1v) is 7.13. The second-order valence-electron chi connectivity index (χ2n) is 5.40. The predicted octanol–water partition coefficient (Wildman–Crippen LogP) is 4.51. The van der Waals surface area contributed by atoms with Gasteiger partial charge in [0, 0.05) is 17.0 Å². The molecule has 0 amide bonds. The summed E-state index contributed by atoms with van der Waals surface area (Å²) < 4.78 is 6.06. The molecule has 20 heavy (non-hydrogen) atoms. The molecule has 104 valence electrons.